The summed E-state index contributed by atoms with van der Waals surface area (Å²) in [5, 5.41) is 3.43. The van der Waals surface area contributed by atoms with Crippen LogP contribution in [-0.2, 0) is 0 Å². The van der Waals surface area contributed by atoms with E-state index in [1.807, 2.05) is 12.4 Å². The zero-order valence-electron chi connectivity index (χ0n) is 9.53. The lowest BCUT2D eigenvalue weighted by Gasteiger charge is -2.17. The van der Waals surface area contributed by atoms with Crippen LogP contribution in [0.15, 0.2) is 30.9 Å². The molecule has 0 saturated heterocycles. The smallest absolute Gasteiger partial charge is 0.115 e. The summed E-state index contributed by atoms with van der Waals surface area (Å²) in [6.45, 7) is 9.04. The van der Waals surface area contributed by atoms with Crippen LogP contribution < -0.4 is 5.32 Å². The van der Waals surface area contributed by atoms with E-state index in [1.54, 1.807) is 6.33 Å². The molecule has 1 aromatic rings. The van der Waals surface area contributed by atoms with Crippen LogP contribution in [0.5, 0.6) is 0 Å². The van der Waals surface area contributed by atoms with Gasteiger partial charge in [-0.1, -0.05) is 12.5 Å². The molecule has 1 aromatic heterocycles. The number of nitrogens with one attached hydrogen (secondary N) is 1. The molecular formula is C12H19N3. The number of allylic oxidation sites excluding steroid dienone is 1. The number of nitrogens with zero attached hydrogens (tertiary/aromatic N) is 2. The zero-order chi connectivity index (χ0) is 11.1. The molecule has 0 spiro atoms. The Labute approximate surface area is 91.7 Å². The second-order valence-corrected chi connectivity index (χ2v) is 3.78. The van der Waals surface area contributed by atoms with Gasteiger partial charge < -0.3 is 5.32 Å². The first kappa shape index (κ1) is 11.9. The first-order valence-corrected chi connectivity index (χ1v) is 5.36. The molecule has 82 valence electrons. The molecule has 0 aliphatic carbocycles. The Morgan fingerprint density at radius 3 is 2.67 bits per heavy atom. The number of aromatic nitrogens is 2. The summed E-state index contributed by atoms with van der Waals surface area (Å²) in [5.74, 6) is 0. The molecule has 0 radical (unpaired) electrons. The fourth-order valence-electron chi connectivity index (χ4n) is 1.51. The molecular weight excluding hydrogens is 186 g/mol. The minimum Gasteiger partial charge on any atom is -0.310 e. The van der Waals surface area contributed by atoms with Gasteiger partial charge in [0.1, 0.15) is 6.33 Å². The van der Waals surface area contributed by atoms with E-state index in [4.69, 9.17) is 0 Å². The molecule has 1 unspecified atom stereocenters. The first-order valence-electron chi connectivity index (χ1n) is 5.36. The maximum atomic E-state index is 4.04. The third-order valence-electron chi connectivity index (χ3n) is 2.29. The Kier molecular flexibility index (Phi) is 4.98. The van der Waals surface area contributed by atoms with Gasteiger partial charge in [-0.25, -0.2) is 9.97 Å². The van der Waals surface area contributed by atoms with Crippen LogP contribution in [0.2, 0.25) is 0 Å². The van der Waals surface area contributed by atoms with Crippen molar-refractivity contribution in [1.82, 2.24) is 15.3 Å². The van der Waals surface area contributed by atoms with Crippen LogP contribution in [-0.4, -0.2) is 16.5 Å². The molecule has 0 fully saturated rings. The van der Waals surface area contributed by atoms with Gasteiger partial charge in [-0.2, -0.15) is 0 Å². The van der Waals surface area contributed by atoms with E-state index < -0.39 is 0 Å². The monoisotopic (exact) mass is 205 g/mol. The van der Waals surface area contributed by atoms with E-state index >= 15 is 0 Å². The van der Waals surface area contributed by atoms with E-state index in [9.17, 15) is 0 Å². The number of hydrogen-bond donors (Lipinski definition) is 1. The molecule has 0 aliphatic heterocycles. The fraction of sp³-hybridized carbons (Fsp3) is 0.500. The summed E-state index contributed by atoms with van der Waals surface area (Å²) < 4.78 is 0. The van der Waals surface area contributed by atoms with E-state index in [0.29, 0.717) is 6.04 Å². The van der Waals surface area contributed by atoms with Crippen LogP contribution in [0.4, 0.5) is 0 Å². The second kappa shape index (κ2) is 6.30. The molecule has 3 heteroatoms. The maximum Gasteiger partial charge on any atom is 0.115 e. The van der Waals surface area contributed by atoms with Gasteiger partial charge in [0.25, 0.3) is 0 Å². The van der Waals surface area contributed by atoms with Crippen molar-refractivity contribution in [1.29, 1.82) is 0 Å². The van der Waals surface area contributed by atoms with Crippen LogP contribution in [0.1, 0.15) is 38.3 Å². The summed E-state index contributed by atoms with van der Waals surface area (Å²) in [6, 6.07) is 0.341. The Balaban J connectivity index is 2.61. The van der Waals surface area contributed by atoms with Crippen molar-refractivity contribution >= 4 is 0 Å². The van der Waals surface area contributed by atoms with Crippen LogP contribution in [0, 0.1) is 0 Å². The summed E-state index contributed by atoms with van der Waals surface area (Å²) in [5.41, 5.74) is 2.37. The summed E-state index contributed by atoms with van der Waals surface area (Å²) in [4.78, 5) is 8.08. The Hall–Kier alpha value is -1.22. The van der Waals surface area contributed by atoms with E-state index in [2.05, 4.69) is 35.7 Å². The van der Waals surface area contributed by atoms with Gasteiger partial charge in [0.2, 0.25) is 0 Å². The number of rotatable bonds is 6. The molecule has 1 atom stereocenters. The van der Waals surface area contributed by atoms with Gasteiger partial charge in [-0.3, -0.25) is 0 Å². The molecule has 15 heavy (non-hydrogen) atoms. The highest BCUT2D eigenvalue weighted by molar-refractivity contribution is 5.09. The van der Waals surface area contributed by atoms with Gasteiger partial charge >= 0.3 is 0 Å². The van der Waals surface area contributed by atoms with Gasteiger partial charge in [0.05, 0.1) is 0 Å². The van der Waals surface area contributed by atoms with E-state index in [0.717, 1.165) is 24.9 Å². The predicted molar refractivity (Wildman–Crippen MR) is 62.5 cm³/mol. The second-order valence-electron chi connectivity index (χ2n) is 3.78. The highest BCUT2D eigenvalue weighted by Gasteiger charge is 2.09. The lowest BCUT2D eigenvalue weighted by atomic mass is 10.0. The predicted octanol–water partition coefficient (Wildman–Crippen LogP) is 2.48. The first-order chi connectivity index (χ1) is 7.24. The van der Waals surface area contributed by atoms with Crippen LogP contribution in [0.3, 0.4) is 0 Å². The molecule has 3 nitrogen and oxygen atoms in total. The van der Waals surface area contributed by atoms with Crippen molar-refractivity contribution in [2.45, 2.75) is 32.7 Å². The van der Waals surface area contributed by atoms with Gasteiger partial charge in [-0.15, -0.1) is 6.58 Å². The molecule has 0 aromatic carbocycles. The highest BCUT2D eigenvalue weighted by atomic mass is 14.9. The normalized spacial score (nSPS) is 12.4. The fourth-order valence-corrected chi connectivity index (χ4v) is 1.51. The highest BCUT2D eigenvalue weighted by Crippen LogP contribution is 2.18. The van der Waals surface area contributed by atoms with Gasteiger partial charge in [-0.05, 0) is 26.3 Å². The molecule has 0 amide bonds. The zero-order valence-corrected chi connectivity index (χ0v) is 9.53. The topological polar surface area (TPSA) is 37.8 Å². The molecule has 1 N–H and O–H groups in total. The third-order valence-corrected chi connectivity index (χ3v) is 2.29. The Bertz CT molecular complexity index is 295. The van der Waals surface area contributed by atoms with E-state index in [1.165, 1.54) is 5.57 Å². The SMILES string of the molecule is C=C(C)CCC(NCC)c1cncnc1. The molecule has 0 bridgehead atoms. The van der Waals surface area contributed by atoms with Crippen molar-refractivity contribution in [2.75, 3.05) is 6.54 Å². The quantitative estimate of drug-likeness (QED) is 0.725. The van der Waals surface area contributed by atoms with Gasteiger partial charge in [0, 0.05) is 24.0 Å². The Morgan fingerprint density at radius 1 is 1.47 bits per heavy atom. The molecule has 0 aliphatic rings. The summed E-state index contributed by atoms with van der Waals surface area (Å²) in [6.07, 6.45) is 7.39. The van der Waals surface area contributed by atoms with E-state index in [-0.39, 0.29) is 0 Å². The minimum absolute atomic E-state index is 0.341. The molecule has 1 rings (SSSR count). The average Bonchev–Trinajstić information content (AvgIpc) is 2.25. The maximum absolute atomic E-state index is 4.04. The van der Waals surface area contributed by atoms with Crippen LogP contribution >= 0.6 is 0 Å². The summed E-state index contributed by atoms with van der Waals surface area (Å²) >= 11 is 0. The average molecular weight is 205 g/mol. The molecule has 0 saturated carbocycles. The lowest BCUT2D eigenvalue weighted by molar-refractivity contribution is 0.511. The third kappa shape index (κ3) is 4.21. The Morgan fingerprint density at radius 2 is 2.13 bits per heavy atom. The van der Waals surface area contributed by atoms with Crippen molar-refractivity contribution < 1.29 is 0 Å². The van der Waals surface area contributed by atoms with Crippen molar-refractivity contribution in [3.05, 3.63) is 36.4 Å². The largest absolute Gasteiger partial charge is 0.310 e. The minimum atomic E-state index is 0.341. The van der Waals surface area contributed by atoms with Crippen LogP contribution in [0.25, 0.3) is 0 Å². The van der Waals surface area contributed by atoms with Crippen molar-refractivity contribution in [2.24, 2.45) is 0 Å². The van der Waals surface area contributed by atoms with Crippen molar-refractivity contribution in [3.63, 3.8) is 0 Å². The molecule has 1 heterocycles. The lowest BCUT2D eigenvalue weighted by Crippen LogP contribution is -2.21. The van der Waals surface area contributed by atoms with Gasteiger partial charge in [0.15, 0.2) is 0 Å². The summed E-state index contributed by atoms with van der Waals surface area (Å²) in [7, 11) is 0. The standard InChI is InChI=1S/C12H19N3/c1-4-15-12(6-5-10(2)3)11-7-13-9-14-8-11/h7-9,12,15H,2,4-6H2,1,3H3. The number of hydrogen-bond acceptors (Lipinski definition) is 3. The van der Waals surface area contributed by atoms with Crippen molar-refractivity contribution in [3.8, 4) is 0 Å².